The Balaban J connectivity index is 1.78. The Labute approximate surface area is 88.1 Å². The van der Waals surface area contributed by atoms with Gasteiger partial charge in [-0.3, -0.25) is 4.90 Å². The first-order valence-corrected chi connectivity index (χ1v) is 6.22. The zero-order valence-electron chi connectivity index (χ0n) is 9.63. The fourth-order valence-electron chi connectivity index (χ4n) is 2.46. The summed E-state index contributed by atoms with van der Waals surface area (Å²) in [4.78, 5) is 2.71. The van der Waals surface area contributed by atoms with Crippen LogP contribution in [0.1, 0.15) is 33.1 Å². The predicted molar refractivity (Wildman–Crippen MR) is 60.4 cm³/mol. The highest BCUT2D eigenvalue weighted by Gasteiger charge is 2.27. The largest absolute Gasteiger partial charge is 0.314 e. The molecule has 0 bridgehead atoms. The quantitative estimate of drug-likeness (QED) is 0.736. The summed E-state index contributed by atoms with van der Waals surface area (Å²) >= 11 is 0. The zero-order valence-corrected chi connectivity index (χ0v) is 9.63. The van der Waals surface area contributed by atoms with Gasteiger partial charge in [0.1, 0.15) is 0 Å². The van der Waals surface area contributed by atoms with Gasteiger partial charge in [0.25, 0.3) is 0 Å². The van der Waals surface area contributed by atoms with E-state index in [9.17, 15) is 0 Å². The number of nitrogens with one attached hydrogen (secondary N) is 1. The minimum Gasteiger partial charge on any atom is -0.314 e. The monoisotopic (exact) mass is 196 g/mol. The Bertz CT molecular complexity index is 175. The second-order valence-electron chi connectivity index (χ2n) is 5.28. The maximum absolute atomic E-state index is 3.51. The Morgan fingerprint density at radius 2 is 2.14 bits per heavy atom. The van der Waals surface area contributed by atoms with E-state index in [2.05, 4.69) is 24.1 Å². The molecule has 2 nitrogen and oxygen atoms in total. The summed E-state index contributed by atoms with van der Waals surface area (Å²) < 4.78 is 0. The van der Waals surface area contributed by atoms with Gasteiger partial charge in [-0.15, -0.1) is 0 Å². The molecule has 1 saturated carbocycles. The van der Waals surface area contributed by atoms with Gasteiger partial charge in [0, 0.05) is 25.7 Å². The first-order chi connectivity index (χ1) is 6.77. The minimum atomic E-state index is 0.780. The van der Waals surface area contributed by atoms with Gasteiger partial charge in [-0.05, 0) is 24.8 Å². The summed E-state index contributed by atoms with van der Waals surface area (Å²) in [5, 5.41) is 3.51. The van der Waals surface area contributed by atoms with Crippen LogP contribution >= 0.6 is 0 Å². The van der Waals surface area contributed by atoms with E-state index in [4.69, 9.17) is 0 Å². The summed E-state index contributed by atoms with van der Waals surface area (Å²) in [6.07, 6.45) is 4.44. The molecule has 2 heteroatoms. The van der Waals surface area contributed by atoms with Crippen molar-refractivity contribution in [3.05, 3.63) is 0 Å². The lowest BCUT2D eigenvalue weighted by molar-refractivity contribution is 0.121. The Hall–Kier alpha value is -0.0800. The molecule has 1 N–H and O–H groups in total. The zero-order chi connectivity index (χ0) is 9.97. The van der Waals surface area contributed by atoms with Crippen molar-refractivity contribution in [2.75, 3.05) is 26.2 Å². The summed E-state index contributed by atoms with van der Waals surface area (Å²) in [6.45, 7) is 9.69. The molecule has 1 aliphatic carbocycles. The number of rotatable bonds is 4. The highest BCUT2D eigenvalue weighted by atomic mass is 15.2. The molecule has 14 heavy (non-hydrogen) atoms. The first kappa shape index (κ1) is 10.4. The lowest BCUT2D eigenvalue weighted by Gasteiger charge is -2.38. The molecule has 1 heterocycles. The van der Waals surface area contributed by atoms with Crippen molar-refractivity contribution in [2.24, 2.45) is 11.8 Å². The van der Waals surface area contributed by atoms with Crippen molar-refractivity contribution < 1.29 is 0 Å². The summed E-state index contributed by atoms with van der Waals surface area (Å²) in [5.74, 6) is 1.87. The SMILES string of the molecule is CC(C)C1CNCCN1CCC1CC1. The first-order valence-electron chi connectivity index (χ1n) is 6.22. The lowest BCUT2D eigenvalue weighted by atomic mass is 10.00. The maximum Gasteiger partial charge on any atom is 0.0244 e. The molecule has 2 rings (SSSR count). The van der Waals surface area contributed by atoms with Crippen molar-refractivity contribution in [3.8, 4) is 0 Å². The molecule has 2 aliphatic rings. The Kier molecular flexibility index (Phi) is 3.45. The summed E-state index contributed by atoms with van der Waals surface area (Å²) in [6, 6.07) is 0.780. The molecule has 1 aliphatic heterocycles. The van der Waals surface area contributed by atoms with Crippen molar-refractivity contribution in [2.45, 2.75) is 39.2 Å². The summed E-state index contributed by atoms with van der Waals surface area (Å²) in [5.41, 5.74) is 0. The van der Waals surface area contributed by atoms with Gasteiger partial charge in [0.2, 0.25) is 0 Å². The third-order valence-electron chi connectivity index (χ3n) is 3.69. The van der Waals surface area contributed by atoms with E-state index in [1.807, 2.05) is 0 Å². The molecule has 1 saturated heterocycles. The number of piperazine rings is 1. The molecule has 1 unspecified atom stereocenters. The third-order valence-corrected chi connectivity index (χ3v) is 3.69. The van der Waals surface area contributed by atoms with Crippen LogP contribution in [0.2, 0.25) is 0 Å². The fourth-order valence-corrected chi connectivity index (χ4v) is 2.46. The molecule has 1 atom stereocenters. The fraction of sp³-hybridized carbons (Fsp3) is 1.00. The van der Waals surface area contributed by atoms with Gasteiger partial charge >= 0.3 is 0 Å². The predicted octanol–water partition coefficient (Wildman–Crippen LogP) is 1.72. The van der Waals surface area contributed by atoms with E-state index in [-0.39, 0.29) is 0 Å². The van der Waals surface area contributed by atoms with Gasteiger partial charge in [0.05, 0.1) is 0 Å². The van der Waals surface area contributed by atoms with Crippen LogP contribution in [0, 0.1) is 11.8 Å². The van der Waals surface area contributed by atoms with E-state index in [0.717, 1.165) is 17.9 Å². The van der Waals surface area contributed by atoms with Crippen molar-refractivity contribution in [3.63, 3.8) is 0 Å². The lowest BCUT2D eigenvalue weighted by Crippen LogP contribution is -2.53. The van der Waals surface area contributed by atoms with Crippen LogP contribution in [-0.4, -0.2) is 37.1 Å². The molecule has 0 aromatic carbocycles. The van der Waals surface area contributed by atoms with E-state index in [0.29, 0.717) is 0 Å². The van der Waals surface area contributed by atoms with Crippen LogP contribution in [0.5, 0.6) is 0 Å². The number of hydrogen-bond donors (Lipinski definition) is 1. The van der Waals surface area contributed by atoms with Gasteiger partial charge in [-0.2, -0.15) is 0 Å². The second-order valence-corrected chi connectivity index (χ2v) is 5.28. The highest BCUT2D eigenvalue weighted by Crippen LogP contribution is 2.32. The van der Waals surface area contributed by atoms with Crippen LogP contribution in [0.25, 0.3) is 0 Å². The van der Waals surface area contributed by atoms with Gasteiger partial charge < -0.3 is 5.32 Å². The average molecular weight is 196 g/mol. The molecule has 0 aromatic rings. The highest BCUT2D eigenvalue weighted by molar-refractivity contribution is 4.83. The van der Waals surface area contributed by atoms with Gasteiger partial charge in [-0.1, -0.05) is 26.7 Å². The van der Waals surface area contributed by atoms with E-state index >= 15 is 0 Å². The number of nitrogens with zero attached hydrogens (tertiary/aromatic N) is 1. The Morgan fingerprint density at radius 1 is 1.36 bits per heavy atom. The topological polar surface area (TPSA) is 15.3 Å². The molecular formula is C12H24N2. The van der Waals surface area contributed by atoms with Crippen LogP contribution in [-0.2, 0) is 0 Å². The van der Waals surface area contributed by atoms with E-state index < -0.39 is 0 Å². The van der Waals surface area contributed by atoms with Gasteiger partial charge in [0.15, 0.2) is 0 Å². The summed E-state index contributed by atoms with van der Waals surface area (Å²) in [7, 11) is 0. The van der Waals surface area contributed by atoms with Crippen molar-refractivity contribution >= 4 is 0 Å². The van der Waals surface area contributed by atoms with Crippen LogP contribution < -0.4 is 5.32 Å². The van der Waals surface area contributed by atoms with E-state index in [1.54, 1.807) is 0 Å². The molecule has 2 fully saturated rings. The average Bonchev–Trinajstić information content (AvgIpc) is 2.98. The minimum absolute atomic E-state index is 0.780. The van der Waals surface area contributed by atoms with Crippen molar-refractivity contribution in [1.29, 1.82) is 0 Å². The normalized spacial score (nSPS) is 29.8. The Morgan fingerprint density at radius 3 is 2.79 bits per heavy atom. The molecule has 0 spiro atoms. The molecule has 0 aromatic heterocycles. The van der Waals surface area contributed by atoms with Crippen LogP contribution in [0.15, 0.2) is 0 Å². The second kappa shape index (κ2) is 4.63. The standard InChI is InChI=1S/C12H24N2/c1-10(2)12-9-13-6-8-14(12)7-5-11-3-4-11/h10-13H,3-9H2,1-2H3. The number of hydrogen-bond acceptors (Lipinski definition) is 2. The third kappa shape index (κ3) is 2.71. The van der Waals surface area contributed by atoms with Crippen LogP contribution in [0.4, 0.5) is 0 Å². The van der Waals surface area contributed by atoms with Gasteiger partial charge in [-0.25, -0.2) is 0 Å². The molecular weight excluding hydrogens is 172 g/mol. The smallest absolute Gasteiger partial charge is 0.0244 e. The van der Waals surface area contributed by atoms with Crippen molar-refractivity contribution in [1.82, 2.24) is 10.2 Å². The molecule has 0 amide bonds. The van der Waals surface area contributed by atoms with E-state index in [1.165, 1.54) is 45.4 Å². The maximum atomic E-state index is 3.51. The van der Waals surface area contributed by atoms with Crippen LogP contribution in [0.3, 0.4) is 0 Å². The molecule has 0 radical (unpaired) electrons. The molecule has 82 valence electrons.